The van der Waals surface area contributed by atoms with Gasteiger partial charge in [-0.1, -0.05) is 24.3 Å². The molecule has 7 heteroatoms. The number of nitrogens with one attached hydrogen (secondary N) is 1. The van der Waals surface area contributed by atoms with Crippen molar-refractivity contribution < 1.29 is 9.47 Å². The molecule has 28 heavy (non-hydrogen) atoms. The average Bonchev–Trinajstić information content (AvgIpc) is 3.18. The van der Waals surface area contributed by atoms with Crippen molar-refractivity contribution in [1.82, 2.24) is 15.2 Å². The average molecular weight is 377 g/mol. The van der Waals surface area contributed by atoms with Crippen LogP contribution >= 0.6 is 0 Å². The lowest BCUT2D eigenvalue weighted by Crippen LogP contribution is -2.18. The third-order valence-electron chi connectivity index (χ3n) is 4.84. The third-order valence-corrected chi connectivity index (χ3v) is 4.84. The second kappa shape index (κ2) is 8.12. The minimum atomic E-state index is 0.626. The molecule has 2 aromatic carbocycles. The molecule has 0 spiro atoms. The minimum Gasteiger partial charge on any atom is -0.493 e. The van der Waals surface area contributed by atoms with Crippen molar-refractivity contribution in [3.8, 4) is 11.5 Å². The number of rotatable bonds is 7. The van der Waals surface area contributed by atoms with E-state index in [-0.39, 0.29) is 0 Å². The van der Waals surface area contributed by atoms with Gasteiger partial charge < -0.3 is 19.7 Å². The Morgan fingerprint density at radius 2 is 1.93 bits per heavy atom. The monoisotopic (exact) mass is 377 g/mol. The SMILES string of the molecule is COc1ccc(CCNc2cnnc(N3CCc4ccccc43)n2)cc1OC. The molecule has 0 bridgehead atoms. The summed E-state index contributed by atoms with van der Waals surface area (Å²) in [5.74, 6) is 2.81. The highest BCUT2D eigenvalue weighted by atomic mass is 16.5. The number of anilines is 3. The van der Waals surface area contributed by atoms with Gasteiger partial charge in [0.15, 0.2) is 17.3 Å². The van der Waals surface area contributed by atoms with Crippen LogP contribution in [0.4, 0.5) is 17.5 Å². The molecule has 0 atom stereocenters. The molecule has 7 nitrogen and oxygen atoms in total. The van der Waals surface area contributed by atoms with Crippen LogP contribution in [0.15, 0.2) is 48.7 Å². The van der Waals surface area contributed by atoms with Crippen LogP contribution in [0.5, 0.6) is 11.5 Å². The number of aromatic nitrogens is 3. The second-order valence-corrected chi connectivity index (χ2v) is 6.54. The number of hydrogen-bond acceptors (Lipinski definition) is 7. The predicted molar refractivity (Wildman–Crippen MR) is 109 cm³/mol. The number of hydrogen-bond donors (Lipinski definition) is 1. The summed E-state index contributed by atoms with van der Waals surface area (Å²) in [5.41, 5.74) is 3.63. The van der Waals surface area contributed by atoms with Gasteiger partial charge in [-0.05, 0) is 42.2 Å². The lowest BCUT2D eigenvalue weighted by Gasteiger charge is -2.17. The van der Waals surface area contributed by atoms with Gasteiger partial charge in [-0.2, -0.15) is 10.1 Å². The van der Waals surface area contributed by atoms with Crippen LogP contribution < -0.4 is 19.7 Å². The Balaban J connectivity index is 1.41. The summed E-state index contributed by atoms with van der Waals surface area (Å²) >= 11 is 0. The van der Waals surface area contributed by atoms with Gasteiger partial charge in [0.05, 0.1) is 20.4 Å². The minimum absolute atomic E-state index is 0.626. The van der Waals surface area contributed by atoms with Crippen LogP contribution in [0.25, 0.3) is 0 Å². The first-order valence-corrected chi connectivity index (χ1v) is 9.28. The van der Waals surface area contributed by atoms with E-state index in [2.05, 4.69) is 43.6 Å². The zero-order valence-corrected chi connectivity index (χ0v) is 16.1. The number of fused-ring (bicyclic) bond motifs is 1. The highest BCUT2D eigenvalue weighted by molar-refractivity contribution is 5.65. The molecular formula is C21H23N5O2. The second-order valence-electron chi connectivity index (χ2n) is 6.54. The molecule has 0 amide bonds. The molecule has 0 radical (unpaired) electrons. The zero-order valence-electron chi connectivity index (χ0n) is 16.1. The van der Waals surface area contributed by atoms with Gasteiger partial charge in [0.2, 0.25) is 0 Å². The molecule has 144 valence electrons. The van der Waals surface area contributed by atoms with Crippen LogP contribution in [0.3, 0.4) is 0 Å². The van der Waals surface area contributed by atoms with Crippen molar-refractivity contribution in [2.75, 3.05) is 37.5 Å². The summed E-state index contributed by atoms with van der Waals surface area (Å²) in [4.78, 5) is 6.76. The molecular weight excluding hydrogens is 354 g/mol. The highest BCUT2D eigenvalue weighted by Gasteiger charge is 2.22. The van der Waals surface area contributed by atoms with Gasteiger partial charge in [0, 0.05) is 18.8 Å². The molecule has 1 N–H and O–H groups in total. The Morgan fingerprint density at radius 3 is 2.79 bits per heavy atom. The van der Waals surface area contributed by atoms with Crippen molar-refractivity contribution >= 4 is 17.5 Å². The summed E-state index contributed by atoms with van der Waals surface area (Å²) in [6.45, 7) is 1.60. The van der Waals surface area contributed by atoms with E-state index < -0.39 is 0 Å². The van der Waals surface area contributed by atoms with Gasteiger partial charge >= 0.3 is 0 Å². The van der Waals surface area contributed by atoms with Crippen molar-refractivity contribution in [1.29, 1.82) is 0 Å². The maximum Gasteiger partial charge on any atom is 0.251 e. The molecule has 1 aliphatic heterocycles. The first-order valence-electron chi connectivity index (χ1n) is 9.28. The van der Waals surface area contributed by atoms with E-state index in [1.165, 1.54) is 5.56 Å². The van der Waals surface area contributed by atoms with E-state index >= 15 is 0 Å². The Hall–Kier alpha value is -3.35. The predicted octanol–water partition coefficient (Wildman–Crippen LogP) is 3.24. The molecule has 0 fully saturated rings. The fourth-order valence-corrected chi connectivity index (χ4v) is 3.41. The van der Waals surface area contributed by atoms with Crippen molar-refractivity contribution in [2.45, 2.75) is 12.8 Å². The standard InChI is InChI=1S/C21H23N5O2/c1-27-18-8-7-15(13-19(18)28-2)9-11-22-20-14-23-25-21(24-20)26-12-10-16-5-3-4-6-17(16)26/h3-8,13-14H,9-12H2,1-2H3,(H,22,24,25). The van der Waals surface area contributed by atoms with E-state index in [0.717, 1.165) is 54.5 Å². The Kier molecular flexibility index (Phi) is 5.23. The topological polar surface area (TPSA) is 72.4 Å². The summed E-state index contributed by atoms with van der Waals surface area (Å²) in [6, 6.07) is 14.3. The normalized spacial score (nSPS) is 12.6. The molecule has 1 aromatic heterocycles. The molecule has 0 aliphatic carbocycles. The third kappa shape index (κ3) is 3.69. The van der Waals surface area contributed by atoms with E-state index in [4.69, 9.17) is 9.47 Å². The first kappa shape index (κ1) is 18.0. The van der Waals surface area contributed by atoms with E-state index in [1.807, 2.05) is 24.3 Å². The quantitative estimate of drug-likeness (QED) is 0.678. The van der Waals surface area contributed by atoms with Gasteiger partial charge in [0.25, 0.3) is 5.95 Å². The number of para-hydroxylation sites is 1. The highest BCUT2D eigenvalue weighted by Crippen LogP contribution is 2.32. The van der Waals surface area contributed by atoms with Gasteiger partial charge in [-0.3, -0.25) is 0 Å². The lowest BCUT2D eigenvalue weighted by atomic mass is 10.1. The number of benzene rings is 2. The fraction of sp³-hybridized carbons (Fsp3) is 0.286. The van der Waals surface area contributed by atoms with E-state index in [9.17, 15) is 0 Å². The summed E-state index contributed by atoms with van der Waals surface area (Å²) in [7, 11) is 3.28. The van der Waals surface area contributed by atoms with Crippen molar-refractivity contribution in [3.05, 3.63) is 59.8 Å². The molecule has 0 unspecified atom stereocenters. The van der Waals surface area contributed by atoms with Crippen LogP contribution in [0, 0.1) is 0 Å². The summed E-state index contributed by atoms with van der Waals surface area (Å²) in [6.07, 6.45) is 3.48. The summed E-state index contributed by atoms with van der Waals surface area (Å²) in [5, 5.41) is 11.7. The fourth-order valence-electron chi connectivity index (χ4n) is 3.41. The van der Waals surface area contributed by atoms with Crippen molar-refractivity contribution in [3.63, 3.8) is 0 Å². The zero-order chi connectivity index (χ0) is 19.3. The first-order chi connectivity index (χ1) is 13.8. The van der Waals surface area contributed by atoms with Gasteiger partial charge in [0.1, 0.15) is 0 Å². The van der Waals surface area contributed by atoms with Gasteiger partial charge in [-0.25, -0.2) is 0 Å². The van der Waals surface area contributed by atoms with E-state index in [0.29, 0.717) is 5.95 Å². The van der Waals surface area contributed by atoms with Gasteiger partial charge in [-0.15, -0.1) is 5.10 Å². The summed E-state index contributed by atoms with van der Waals surface area (Å²) < 4.78 is 10.6. The van der Waals surface area contributed by atoms with Crippen LogP contribution in [0.2, 0.25) is 0 Å². The number of ether oxygens (including phenoxy) is 2. The molecule has 1 aliphatic rings. The van der Waals surface area contributed by atoms with Crippen molar-refractivity contribution in [2.24, 2.45) is 0 Å². The Bertz CT molecular complexity index is 963. The smallest absolute Gasteiger partial charge is 0.251 e. The Labute approximate surface area is 164 Å². The number of nitrogens with zero attached hydrogens (tertiary/aromatic N) is 4. The van der Waals surface area contributed by atoms with Crippen LogP contribution in [0.1, 0.15) is 11.1 Å². The largest absolute Gasteiger partial charge is 0.493 e. The van der Waals surface area contributed by atoms with E-state index in [1.54, 1.807) is 20.4 Å². The maximum absolute atomic E-state index is 5.36. The van der Waals surface area contributed by atoms with Crippen LogP contribution in [-0.2, 0) is 12.8 Å². The molecule has 4 rings (SSSR count). The lowest BCUT2D eigenvalue weighted by molar-refractivity contribution is 0.354. The molecule has 0 saturated carbocycles. The maximum atomic E-state index is 5.36. The molecule has 0 saturated heterocycles. The van der Waals surface area contributed by atoms with Crippen LogP contribution in [-0.4, -0.2) is 42.5 Å². The number of methoxy groups -OCH3 is 2. The molecule has 3 aromatic rings. The Morgan fingerprint density at radius 1 is 1.07 bits per heavy atom. The molecule has 2 heterocycles.